The molecular formula is C11H22N2. The molecule has 0 aromatic carbocycles. The Morgan fingerprint density at radius 2 is 2.23 bits per heavy atom. The second kappa shape index (κ2) is 3.58. The van der Waals surface area contributed by atoms with Gasteiger partial charge in [-0.25, -0.2) is 0 Å². The summed E-state index contributed by atoms with van der Waals surface area (Å²) in [7, 11) is 0. The summed E-state index contributed by atoms with van der Waals surface area (Å²) in [4.78, 5) is 0. The molecule has 2 atom stereocenters. The first kappa shape index (κ1) is 9.47. The van der Waals surface area contributed by atoms with Gasteiger partial charge in [-0.15, -0.1) is 0 Å². The van der Waals surface area contributed by atoms with Crippen LogP contribution in [0.1, 0.15) is 39.5 Å². The molecule has 2 N–H and O–H groups in total. The van der Waals surface area contributed by atoms with Crippen molar-refractivity contribution in [3.05, 3.63) is 0 Å². The fraction of sp³-hybridized carbons (Fsp3) is 1.00. The van der Waals surface area contributed by atoms with Crippen LogP contribution in [-0.2, 0) is 0 Å². The average molecular weight is 182 g/mol. The molecular weight excluding hydrogens is 160 g/mol. The van der Waals surface area contributed by atoms with Crippen molar-refractivity contribution in [3.63, 3.8) is 0 Å². The Bertz CT molecular complexity index is 166. The third-order valence-electron chi connectivity index (χ3n) is 3.56. The number of hydrogen-bond donors (Lipinski definition) is 2. The van der Waals surface area contributed by atoms with Gasteiger partial charge in [0.05, 0.1) is 0 Å². The maximum Gasteiger partial charge on any atom is 0.0124 e. The molecule has 1 heterocycles. The van der Waals surface area contributed by atoms with Crippen molar-refractivity contribution >= 4 is 0 Å². The fourth-order valence-corrected chi connectivity index (χ4v) is 2.25. The Morgan fingerprint density at radius 3 is 2.77 bits per heavy atom. The van der Waals surface area contributed by atoms with Crippen LogP contribution in [0.5, 0.6) is 0 Å². The van der Waals surface area contributed by atoms with Gasteiger partial charge in [0.2, 0.25) is 0 Å². The molecule has 0 aromatic heterocycles. The van der Waals surface area contributed by atoms with Gasteiger partial charge in [-0.05, 0) is 44.2 Å². The summed E-state index contributed by atoms with van der Waals surface area (Å²) in [5, 5.41) is 7.17. The fourth-order valence-electron chi connectivity index (χ4n) is 2.25. The molecule has 2 fully saturated rings. The summed E-state index contributed by atoms with van der Waals surface area (Å²) >= 11 is 0. The number of hydrogen-bond acceptors (Lipinski definition) is 2. The Labute approximate surface area is 81.5 Å². The van der Waals surface area contributed by atoms with Crippen LogP contribution < -0.4 is 10.6 Å². The first-order chi connectivity index (χ1) is 6.18. The van der Waals surface area contributed by atoms with Crippen molar-refractivity contribution in [1.29, 1.82) is 0 Å². The van der Waals surface area contributed by atoms with E-state index in [0.717, 1.165) is 12.1 Å². The van der Waals surface area contributed by atoms with Gasteiger partial charge in [0.1, 0.15) is 0 Å². The van der Waals surface area contributed by atoms with Crippen LogP contribution in [0.15, 0.2) is 0 Å². The molecule has 0 radical (unpaired) electrons. The highest BCUT2D eigenvalue weighted by atomic mass is 15.0. The Hall–Kier alpha value is -0.0800. The van der Waals surface area contributed by atoms with Crippen LogP contribution >= 0.6 is 0 Å². The lowest BCUT2D eigenvalue weighted by molar-refractivity contribution is 0.490. The molecule has 2 aliphatic rings. The van der Waals surface area contributed by atoms with E-state index in [9.17, 15) is 0 Å². The molecule has 0 aromatic rings. The predicted octanol–water partition coefficient (Wildman–Crippen LogP) is 1.52. The molecule has 0 bridgehead atoms. The van der Waals surface area contributed by atoms with Crippen molar-refractivity contribution in [2.24, 2.45) is 5.41 Å². The zero-order chi connectivity index (χ0) is 9.31. The van der Waals surface area contributed by atoms with Gasteiger partial charge in [-0.3, -0.25) is 0 Å². The smallest absolute Gasteiger partial charge is 0.0124 e. The highest BCUT2D eigenvalue weighted by molar-refractivity contribution is 5.01. The largest absolute Gasteiger partial charge is 0.314 e. The predicted molar refractivity (Wildman–Crippen MR) is 55.8 cm³/mol. The molecule has 0 spiro atoms. The van der Waals surface area contributed by atoms with Crippen molar-refractivity contribution in [2.45, 2.75) is 51.6 Å². The van der Waals surface area contributed by atoms with Crippen LogP contribution in [0.4, 0.5) is 0 Å². The molecule has 1 aliphatic heterocycles. The van der Waals surface area contributed by atoms with Crippen LogP contribution in [0.25, 0.3) is 0 Å². The molecule has 2 unspecified atom stereocenters. The van der Waals surface area contributed by atoms with Gasteiger partial charge in [-0.2, -0.15) is 0 Å². The average Bonchev–Trinajstić information content (AvgIpc) is 2.53. The van der Waals surface area contributed by atoms with E-state index < -0.39 is 0 Å². The maximum atomic E-state index is 3.63. The normalized spacial score (nSPS) is 36.5. The quantitative estimate of drug-likeness (QED) is 0.689. The summed E-state index contributed by atoms with van der Waals surface area (Å²) in [6, 6.07) is 1.60. The van der Waals surface area contributed by atoms with E-state index in [-0.39, 0.29) is 0 Å². The van der Waals surface area contributed by atoms with Gasteiger partial charge in [0.15, 0.2) is 0 Å². The zero-order valence-electron chi connectivity index (χ0n) is 8.90. The SMILES string of the molecule is CC1(C)CC1NCCC1CCCN1. The minimum absolute atomic E-state index is 0.586. The molecule has 1 saturated carbocycles. The van der Waals surface area contributed by atoms with Crippen molar-refractivity contribution in [1.82, 2.24) is 10.6 Å². The van der Waals surface area contributed by atoms with Crippen LogP contribution in [0.3, 0.4) is 0 Å². The molecule has 0 amide bonds. The van der Waals surface area contributed by atoms with E-state index in [1.807, 2.05) is 0 Å². The van der Waals surface area contributed by atoms with Gasteiger partial charge >= 0.3 is 0 Å². The van der Waals surface area contributed by atoms with Crippen molar-refractivity contribution < 1.29 is 0 Å². The number of nitrogens with one attached hydrogen (secondary N) is 2. The molecule has 2 rings (SSSR count). The van der Waals surface area contributed by atoms with E-state index in [1.54, 1.807) is 0 Å². The third-order valence-corrected chi connectivity index (χ3v) is 3.56. The lowest BCUT2D eigenvalue weighted by atomic mass is 10.1. The Morgan fingerprint density at radius 1 is 1.46 bits per heavy atom. The topological polar surface area (TPSA) is 24.1 Å². The molecule has 2 heteroatoms. The lowest BCUT2D eigenvalue weighted by Gasteiger charge is -2.11. The maximum absolute atomic E-state index is 3.63. The molecule has 2 nitrogen and oxygen atoms in total. The minimum atomic E-state index is 0.586. The monoisotopic (exact) mass is 182 g/mol. The van der Waals surface area contributed by atoms with Crippen molar-refractivity contribution in [2.75, 3.05) is 13.1 Å². The van der Waals surface area contributed by atoms with Crippen LogP contribution in [0, 0.1) is 5.41 Å². The molecule has 1 aliphatic carbocycles. The third kappa shape index (κ3) is 2.44. The van der Waals surface area contributed by atoms with E-state index in [4.69, 9.17) is 0 Å². The zero-order valence-corrected chi connectivity index (χ0v) is 8.90. The molecule has 76 valence electrons. The van der Waals surface area contributed by atoms with E-state index in [0.29, 0.717) is 5.41 Å². The standard InChI is InChI=1S/C11H22N2/c1-11(2)8-10(11)13-7-5-9-4-3-6-12-9/h9-10,12-13H,3-8H2,1-2H3. The number of rotatable bonds is 4. The van der Waals surface area contributed by atoms with Gasteiger partial charge in [0, 0.05) is 12.1 Å². The second-order valence-corrected chi connectivity index (χ2v) is 5.28. The van der Waals surface area contributed by atoms with E-state index in [1.165, 1.54) is 38.8 Å². The van der Waals surface area contributed by atoms with Crippen molar-refractivity contribution in [3.8, 4) is 0 Å². The second-order valence-electron chi connectivity index (χ2n) is 5.28. The van der Waals surface area contributed by atoms with E-state index in [2.05, 4.69) is 24.5 Å². The molecule has 1 saturated heterocycles. The van der Waals surface area contributed by atoms with Gasteiger partial charge in [0.25, 0.3) is 0 Å². The highest BCUT2D eigenvalue weighted by Gasteiger charge is 2.44. The Kier molecular flexibility index (Phi) is 2.61. The van der Waals surface area contributed by atoms with E-state index >= 15 is 0 Å². The van der Waals surface area contributed by atoms with Gasteiger partial charge in [-0.1, -0.05) is 13.8 Å². The van der Waals surface area contributed by atoms with Crippen LogP contribution in [0.2, 0.25) is 0 Å². The summed E-state index contributed by atoms with van der Waals surface area (Å²) in [6.45, 7) is 7.13. The lowest BCUT2D eigenvalue weighted by Crippen LogP contribution is -2.29. The highest BCUT2D eigenvalue weighted by Crippen LogP contribution is 2.44. The minimum Gasteiger partial charge on any atom is -0.314 e. The van der Waals surface area contributed by atoms with Gasteiger partial charge < -0.3 is 10.6 Å². The first-order valence-corrected chi connectivity index (χ1v) is 5.65. The molecule has 13 heavy (non-hydrogen) atoms. The summed E-state index contributed by atoms with van der Waals surface area (Å²) in [6.07, 6.45) is 5.44. The summed E-state index contributed by atoms with van der Waals surface area (Å²) in [5.74, 6) is 0. The Balaban J connectivity index is 1.54. The first-order valence-electron chi connectivity index (χ1n) is 5.65. The summed E-state index contributed by atoms with van der Waals surface area (Å²) < 4.78 is 0. The van der Waals surface area contributed by atoms with Crippen LogP contribution in [-0.4, -0.2) is 25.2 Å². The summed E-state index contributed by atoms with van der Waals surface area (Å²) in [5.41, 5.74) is 0.586.